The number of anilines is 1. The van der Waals surface area contributed by atoms with Crippen LogP contribution < -0.4 is 19.5 Å². The third-order valence-electron chi connectivity index (χ3n) is 4.58. The number of hydrogen-bond donors (Lipinski definition) is 1. The minimum absolute atomic E-state index is 0.247. The zero-order valence-electron chi connectivity index (χ0n) is 16.6. The maximum Gasteiger partial charge on any atom is 0.255 e. The normalized spacial score (nSPS) is 10.5. The lowest BCUT2D eigenvalue weighted by molar-refractivity contribution is 0.102. The van der Waals surface area contributed by atoms with Gasteiger partial charge in [-0.05, 0) is 54.6 Å². The van der Waals surface area contributed by atoms with Crippen molar-refractivity contribution in [3.05, 3.63) is 84.6 Å². The van der Waals surface area contributed by atoms with Gasteiger partial charge in [0.25, 0.3) is 5.91 Å². The number of amides is 1. The molecule has 0 saturated carbocycles. The molecule has 150 valence electrons. The van der Waals surface area contributed by atoms with Crippen LogP contribution in [0.4, 0.5) is 5.69 Å². The van der Waals surface area contributed by atoms with Gasteiger partial charge in [0.1, 0.15) is 11.3 Å². The number of carbonyl (C=O) groups is 1. The van der Waals surface area contributed by atoms with Crippen molar-refractivity contribution in [3.8, 4) is 23.0 Å². The van der Waals surface area contributed by atoms with Crippen molar-refractivity contribution in [2.45, 2.75) is 0 Å². The molecule has 0 saturated heterocycles. The fourth-order valence-electron chi connectivity index (χ4n) is 3.07. The lowest BCUT2D eigenvalue weighted by atomic mass is 10.2. The molecule has 0 unspecified atom stereocenters. The summed E-state index contributed by atoms with van der Waals surface area (Å²) in [6, 6.07) is 21.9. The van der Waals surface area contributed by atoms with E-state index in [4.69, 9.17) is 14.2 Å². The van der Waals surface area contributed by atoms with Crippen molar-refractivity contribution in [1.82, 2.24) is 4.98 Å². The molecule has 0 atom stereocenters. The Morgan fingerprint density at radius 2 is 1.60 bits per heavy atom. The van der Waals surface area contributed by atoms with Gasteiger partial charge in [0, 0.05) is 22.8 Å². The van der Waals surface area contributed by atoms with Crippen molar-refractivity contribution in [3.63, 3.8) is 0 Å². The van der Waals surface area contributed by atoms with Gasteiger partial charge in [-0.1, -0.05) is 18.2 Å². The third-order valence-corrected chi connectivity index (χ3v) is 4.58. The van der Waals surface area contributed by atoms with E-state index in [0.717, 1.165) is 10.9 Å². The van der Waals surface area contributed by atoms with Gasteiger partial charge in [0.2, 0.25) is 0 Å². The predicted molar refractivity (Wildman–Crippen MR) is 116 cm³/mol. The summed E-state index contributed by atoms with van der Waals surface area (Å²) in [6.45, 7) is 0. The number of aromatic nitrogens is 1. The molecule has 30 heavy (non-hydrogen) atoms. The molecule has 6 heteroatoms. The van der Waals surface area contributed by atoms with Crippen LogP contribution in [-0.4, -0.2) is 25.1 Å². The second-order valence-electron chi connectivity index (χ2n) is 6.48. The fraction of sp³-hybridized carbons (Fsp3) is 0.0833. The zero-order valence-corrected chi connectivity index (χ0v) is 16.6. The molecule has 0 aliphatic carbocycles. The molecule has 0 aliphatic heterocycles. The maximum absolute atomic E-state index is 12.6. The SMILES string of the molecule is COc1ccc(C(=O)Nc2ccc(Oc3cccc4cccnc34)cc2)cc1OC. The predicted octanol–water partition coefficient (Wildman–Crippen LogP) is 5.30. The van der Waals surface area contributed by atoms with Crippen LogP contribution in [0, 0.1) is 0 Å². The number of para-hydroxylation sites is 1. The Morgan fingerprint density at radius 1 is 0.833 bits per heavy atom. The Balaban J connectivity index is 1.48. The van der Waals surface area contributed by atoms with E-state index in [2.05, 4.69) is 10.3 Å². The smallest absolute Gasteiger partial charge is 0.255 e. The van der Waals surface area contributed by atoms with Crippen molar-refractivity contribution < 1.29 is 19.0 Å². The maximum atomic E-state index is 12.6. The fourth-order valence-corrected chi connectivity index (χ4v) is 3.07. The standard InChI is InChI=1S/C24H20N2O4/c1-28-20-13-8-17(15-22(20)29-2)24(27)26-18-9-11-19(12-10-18)30-21-7-3-5-16-6-4-14-25-23(16)21/h3-15H,1-2H3,(H,26,27). The highest BCUT2D eigenvalue weighted by Crippen LogP contribution is 2.30. The minimum Gasteiger partial charge on any atom is -0.493 e. The molecule has 4 aromatic rings. The average molecular weight is 400 g/mol. The van der Waals surface area contributed by atoms with Crippen LogP contribution in [-0.2, 0) is 0 Å². The Bertz CT molecular complexity index is 1180. The van der Waals surface area contributed by atoms with Crippen LogP contribution in [0.25, 0.3) is 10.9 Å². The number of benzene rings is 3. The van der Waals surface area contributed by atoms with Crippen molar-refractivity contribution in [2.24, 2.45) is 0 Å². The molecule has 0 spiro atoms. The molecule has 0 radical (unpaired) electrons. The zero-order chi connectivity index (χ0) is 20.9. The summed E-state index contributed by atoms with van der Waals surface area (Å²) >= 11 is 0. The van der Waals surface area contributed by atoms with Crippen LogP contribution in [0.2, 0.25) is 0 Å². The van der Waals surface area contributed by atoms with Gasteiger partial charge < -0.3 is 19.5 Å². The molecule has 1 amide bonds. The molecule has 1 N–H and O–H groups in total. The molecule has 0 bridgehead atoms. The van der Waals surface area contributed by atoms with E-state index in [1.54, 1.807) is 55.8 Å². The summed E-state index contributed by atoms with van der Waals surface area (Å²) in [7, 11) is 3.08. The number of hydrogen-bond acceptors (Lipinski definition) is 5. The first-order chi connectivity index (χ1) is 14.7. The van der Waals surface area contributed by atoms with Gasteiger partial charge in [-0.25, -0.2) is 0 Å². The minimum atomic E-state index is -0.247. The number of nitrogens with one attached hydrogen (secondary N) is 1. The topological polar surface area (TPSA) is 69.7 Å². The number of nitrogens with zero attached hydrogens (tertiary/aromatic N) is 1. The summed E-state index contributed by atoms with van der Waals surface area (Å²) in [5, 5.41) is 3.87. The highest BCUT2D eigenvalue weighted by Gasteiger charge is 2.11. The molecule has 0 fully saturated rings. The molecule has 4 rings (SSSR count). The first-order valence-corrected chi connectivity index (χ1v) is 9.33. The third kappa shape index (κ3) is 4.03. The second kappa shape index (κ2) is 8.53. The van der Waals surface area contributed by atoms with E-state index in [1.165, 1.54) is 7.11 Å². The van der Waals surface area contributed by atoms with E-state index in [0.29, 0.717) is 34.2 Å². The largest absolute Gasteiger partial charge is 0.493 e. The van der Waals surface area contributed by atoms with Crippen LogP contribution in [0.3, 0.4) is 0 Å². The molecule has 6 nitrogen and oxygen atoms in total. The van der Waals surface area contributed by atoms with Gasteiger partial charge in [-0.15, -0.1) is 0 Å². The number of rotatable bonds is 6. The summed E-state index contributed by atoms with van der Waals surface area (Å²) in [6.07, 6.45) is 1.74. The van der Waals surface area contributed by atoms with E-state index >= 15 is 0 Å². The summed E-state index contributed by atoms with van der Waals surface area (Å²) in [5.41, 5.74) is 1.92. The van der Waals surface area contributed by atoms with Gasteiger partial charge in [0.05, 0.1) is 14.2 Å². The second-order valence-corrected chi connectivity index (χ2v) is 6.48. The summed E-state index contributed by atoms with van der Waals surface area (Å²) in [4.78, 5) is 17.0. The number of fused-ring (bicyclic) bond motifs is 1. The van der Waals surface area contributed by atoms with Crippen LogP contribution >= 0.6 is 0 Å². The quantitative estimate of drug-likeness (QED) is 0.476. The molecule has 1 aromatic heterocycles. The van der Waals surface area contributed by atoms with Crippen molar-refractivity contribution in [2.75, 3.05) is 19.5 Å². The summed E-state index contributed by atoms with van der Waals surface area (Å²) in [5.74, 6) is 2.14. The number of methoxy groups -OCH3 is 2. The van der Waals surface area contributed by atoms with E-state index in [1.807, 2.05) is 30.3 Å². The first kappa shape index (κ1) is 19.3. The lowest BCUT2D eigenvalue weighted by Crippen LogP contribution is -2.12. The van der Waals surface area contributed by atoms with Gasteiger partial charge in [0.15, 0.2) is 17.2 Å². The van der Waals surface area contributed by atoms with E-state index in [-0.39, 0.29) is 5.91 Å². The highest BCUT2D eigenvalue weighted by molar-refractivity contribution is 6.04. The molecular formula is C24H20N2O4. The van der Waals surface area contributed by atoms with Gasteiger partial charge in [-0.3, -0.25) is 9.78 Å². The van der Waals surface area contributed by atoms with Crippen LogP contribution in [0.15, 0.2) is 79.0 Å². The van der Waals surface area contributed by atoms with E-state index in [9.17, 15) is 4.79 Å². The first-order valence-electron chi connectivity index (χ1n) is 9.33. The van der Waals surface area contributed by atoms with Gasteiger partial charge in [-0.2, -0.15) is 0 Å². The monoisotopic (exact) mass is 400 g/mol. The Hall–Kier alpha value is -4.06. The Labute approximate surface area is 174 Å². The lowest BCUT2D eigenvalue weighted by Gasteiger charge is -2.11. The molecule has 1 heterocycles. The molecular weight excluding hydrogens is 380 g/mol. The number of carbonyl (C=O) groups excluding carboxylic acids is 1. The van der Waals surface area contributed by atoms with Crippen molar-refractivity contribution in [1.29, 1.82) is 0 Å². The van der Waals surface area contributed by atoms with Crippen LogP contribution in [0.1, 0.15) is 10.4 Å². The summed E-state index contributed by atoms with van der Waals surface area (Å²) < 4.78 is 16.4. The number of pyridine rings is 1. The number of ether oxygens (including phenoxy) is 3. The van der Waals surface area contributed by atoms with Crippen molar-refractivity contribution >= 4 is 22.5 Å². The Morgan fingerprint density at radius 3 is 2.37 bits per heavy atom. The van der Waals surface area contributed by atoms with Crippen LogP contribution in [0.5, 0.6) is 23.0 Å². The molecule has 3 aromatic carbocycles. The van der Waals surface area contributed by atoms with E-state index < -0.39 is 0 Å². The highest BCUT2D eigenvalue weighted by atomic mass is 16.5. The molecule has 0 aliphatic rings. The Kier molecular flexibility index (Phi) is 5.48. The average Bonchev–Trinajstić information content (AvgIpc) is 2.80. The van der Waals surface area contributed by atoms with Gasteiger partial charge >= 0.3 is 0 Å².